The van der Waals surface area contributed by atoms with Crippen molar-refractivity contribution in [2.24, 2.45) is 0 Å². The van der Waals surface area contributed by atoms with Crippen LogP contribution in [0.5, 0.6) is 0 Å². The zero-order chi connectivity index (χ0) is 13.9. The summed E-state index contributed by atoms with van der Waals surface area (Å²) in [7, 11) is 0. The average Bonchev–Trinajstić information content (AvgIpc) is 2.89. The van der Waals surface area contributed by atoms with Gasteiger partial charge in [-0.15, -0.1) is 0 Å². The van der Waals surface area contributed by atoms with Crippen molar-refractivity contribution < 1.29 is 4.52 Å². The first-order chi connectivity index (χ1) is 9.08. The summed E-state index contributed by atoms with van der Waals surface area (Å²) in [4.78, 5) is 8.83. The van der Waals surface area contributed by atoms with Crippen molar-refractivity contribution in [1.29, 1.82) is 0 Å². The lowest BCUT2D eigenvalue weighted by Crippen LogP contribution is -2.36. The number of hydrogen-bond acceptors (Lipinski definition) is 5. The van der Waals surface area contributed by atoms with Crippen LogP contribution in [0, 0.1) is 0 Å². The number of rotatable bonds is 5. The van der Waals surface area contributed by atoms with Crippen molar-refractivity contribution in [3.63, 3.8) is 0 Å². The summed E-state index contributed by atoms with van der Waals surface area (Å²) < 4.78 is 5.37. The molecule has 0 radical (unpaired) electrons. The molecule has 0 amide bonds. The number of aryl methyl sites for hydroxylation is 1. The Bertz CT molecular complexity index is 548. The molecule has 0 fully saturated rings. The molecule has 2 heterocycles. The highest BCUT2D eigenvalue weighted by molar-refractivity contribution is 5.53. The van der Waals surface area contributed by atoms with Crippen LogP contribution in [-0.2, 0) is 12.0 Å². The Kier molecular flexibility index (Phi) is 3.95. The van der Waals surface area contributed by atoms with Gasteiger partial charge >= 0.3 is 0 Å². The van der Waals surface area contributed by atoms with Crippen molar-refractivity contribution in [2.75, 3.05) is 6.54 Å². The fourth-order valence-corrected chi connectivity index (χ4v) is 2.02. The fourth-order valence-electron chi connectivity index (χ4n) is 2.02. The Hall–Kier alpha value is -1.75. The molecule has 5 nitrogen and oxygen atoms in total. The average molecular weight is 260 g/mol. The number of nitrogens with one attached hydrogen (secondary N) is 1. The van der Waals surface area contributed by atoms with E-state index in [9.17, 15) is 0 Å². The second-order valence-electron chi connectivity index (χ2n) is 4.94. The largest absolute Gasteiger partial charge is 0.337 e. The molecule has 0 spiro atoms. The Morgan fingerprint density at radius 2 is 2.11 bits per heavy atom. The Morgan fingerprint density at radius 3 is 2.79 bits per heavy atom. The van der Waals surface area contributed by atoms with Gasteiger partial charge in [0, 0.05) is 6.20 Å². The molecule has 0 atom stereocenters. The lowest BCUT2D eigenvalue weighted by atomic mass is 10.1. The van der Waals surface area contributed by atoms with E-state index >= 15 is 0 Å². The summed E-state index contributed by atoms with van der Waals surface area (Å²) in [6.07, 6.45) is 2.64. The van der Waals surface area contributed by atoms with Crippen LogP contribution < -0.4 is 5.32 Å². The highest BCUT2D eigenvalue weighted by Gasteiger charge is 2.27. The normalized spacial score (nSPS) is 11.8. The summed E-state index contributed by atoms with van der Waals surface area (Å²) >= 11 is 0. The van der Waals surface area contributed by atoms with Crippen LogP contribution in [0.1, 0.15) is 39.1 Å². The highest BCUT2D eigenvalue weighted by atomic mass is 16.5. The van der Waals surface area contributed by atoms with Gasteiger partial charge in [0.15, 0.2) is 0 Å². The number of aromatic nitrogens is 3. The predicted molar refractivity (Wildman–Crippen MR) is 73.6 cm³/mol. The van der Waals surface area contributed by atoms with Gasteiger partial charge in [-0.2, -0.15) is 4.98 Å². The maximum absolute atomic E-state index is 5.37. The lowest BCUT2D eigenvalue weighted by molar-refractivity contribution is 0.272. The van der Waals surface area contributed by atoms with Crippen LogP contribution in [0.3, 0.4) is 0 Å². The minimum absolute atomic E-state index is 0.332. The van der Waals surface area contributed by atoms with E-state index < -0.39 is 0 Å². The topological polar surface area (TPSA) is 63.8 Å². The van der Waals surface area contributed by atoms with Crippen molar-refractivity contribution in [1.82, 2.24) is 20.4 Å². The van der Waals surface area contributed by atoms with E-state index in [1.165, 1.54) is 0 Å². The third-order valence-corrected chi connectivity index (χ3v) is 3.06. The predicted octanol–water partition coefficient (Wildman–Crippen LogP) is 2.54. The smallest absolute Gasteiger partial charge is 0.246 e. The summed E-state index contributed by atoms with van der Waals surface area (Å²) in [5.41, 5.74) is 1.59. The summed E-state index contributed by atoms with van der Waals surface area (Å²) in [5, 5.41) is 7.37. The first-order valence-corrected chi connectivity index (χ1v) is 6.62. The molecule has 2 rings (SSSR count). The second kappa shape index (κ2) is 5.48. The van der Waals surface area contributed by atoms with E-state index in [2.05, 4.69) is 27.4 Å². The van der Waals surface area contributed by atoms with E-state index in [1.807, 2.05) is 32.9 Å². The van der Waals surface area contributed by atoms with E-state index in [-0.39, 0.29) is 5.54 Å². The number of nitrogens with zero attached hydrogens (tertiary/aromatic N) is 3. The molecule has 0 unspecified atom stereocenters. The van der Waals surface area contributed by atoms with Gasteiger partial charge in [0.1, 0.15) is 5.69 Å². The van der Waals surface area contributed by atoms with Gasteiger partial charge < -0.3 is 9.84 Å². The van der Waals surface area contributed by atoms with Crippen molar-refractivity contribution >= 4 is 0 Å². The number of hydrogen-bond donors (Lipinski definition) is 1. The van der Waals surface area contributed by atoms with Crippen LogP contribution in [0.2, 0.25) is 0 Å². The standard InChI is InChI=1S/C14H20N4O/c1-5-10-8-7-9-15-11(10)12-17-13(19-18-12)14(3,4)16-6-2/h7-9,16H,5-6H2,1-4H3. The Morgan fingerprint density at radius 1 is 1.32 bits per heavy atom. The maximum Gasteiger partial charge on any atom is 0.246 e. The van der Waals surface area contributed by atoms with E-state index in [0.29, 0.717) is 11.7 Å². The molecule has 0 aromatic carbocycles. The van der Waals surface area contributed by atoms with Crippen LogP contribution >= 0.6 is 0 Å². The molecule has 102 valence electrons. The summed E-state index contributed by atoms with van der Waals surface area (Å²) in [6.45, 7) is 9.02. The summed E-state index contributed by atoms with van der Waals surface area (Å²) in [5.74, 6) is 1.13. The molecule has 0 aliphatic carbocycles. The van der Waals surface area contributed by atoms with E-state index in [0.717, 1.165) is 24.2 Å². The molecule has 2 aromatic rings. The van der Waals surface area contributed by atoms with Crippen molar-refractivity contribution in [3.05, 3.63) is 29.8 Å². The molecule has 0 bridgehead atoms. The number of pyridine rings is 1. The third-order valence-electron chi connectivity index (χ3n) is 3.06. The monoisotopic (exact) mass is 260 g/mol. The Balaban J connectivity index is 2.36. The zero-order valence-electron chi connectivity index (χ0n) is 11.9. The highest BCUT2D eigenvalue weighted by Crippen LogP contribution is 2.23. The molecule has 2 aromatic heterocycles. The fraction of sp³-hybridized carbons (Fsp3) is 0.500. The Labute approximate surface area is 113 Å². The second-order valence-corrected chi connectivity index (χ2v) is 4.94. The molecule has 0 aliphatic rings. The maximum atomic E-state index is 5.37. The molecule has 0 aliphatic heterocycles. The molecule has 19 heavy (non-hydrogen) atoms. The van der Waals surface area contributed by atoms with Gasteiger partial charge in [-0.25, -0.2) is 0 Å². The van der Waals surface area contributed by atoms with Crippen LogP contribution in [0.25, 0.3) is 11.5 Å². The molecule has 5 heteroatoms. The third kappa shape index (κ3) is 2.81. The van der Waals surface area contributed by atoms with Gasteiger partial charge in [-0.05, 0) is 38.4 Å². The zero-order valence-corrected chi connectivity index (χ0v) is 11.9. The van der Waals surface area contributed by atoms with E-state index in [1.54, 1.807) is 6.20 Å². The summed E-state index contributed by atoms with van der Waals surface area (Å²) in [6, 6.07) is 3.96. The minimum atomic E-state index is -0.332. The van der Waals surface area contributed by atoms with Gasteiger partial charge in [-0.1, -0.05) is 25.1 Å². The van der Waals surface area contributed by atoms with Crippen molar-refractivity contribution in [2.45, 2.75) is 39.7 Å². The molecule has 1 N–H and O–H groups in total. The van der Waals surface area contributed by atoms with Gasteiger partial charge in [-0.3, -0.25) is 4.98 Å². The van der Waals surface area contributed by atoms with Crippen LogP contribution in [0.15, 0.2) is 22.9 Å². The van der Waals surface area contributed by atoms with Gasteiger partial charge in [0.05, 0.1) is 5.54 Å². The van der Waals surface area contributed by atoms with Gasteiger partial charge in [0.25, 0.3) is 0 Å². The van der Waals surface area contributed by atoms with Crippen molar-refractivity contribution in [3.8, 4) is 11.5 Å². The van der Waals surface area contributed by atoms with E-state index in [4.69, 9.17) is 4.52 Å². The SMILES string of the molecule is CCNC(C)(C)c1nc(-c2ncccc2CC)no1. The minimum Gasteiger partial charge on any atom is -0.337 e. The van der Waals surface area contributed by atoms with Gasteiger partial charge in [0.2, 0.25) is 11.7 Å². The molecule has 0 saturated heterocycles. The quantitative estimate of drug-likeness (QED) is 0.895. The van der Waals surface area contributed by atoms with Crippen LogP contribution in [0.4, 0.5) is 0 Å². The molecular formula is C14H20N4O. The lowest BCUT2D eigenvalue weighted by Gasteiger charge is -2.20. The van der Waals surface area contributed by atoms with Crippen LogP contribution in [-0.4, -0.2) is 21.7 Å². The first-order valence-electron chi connectivity index (χ1n) is 6.62. The first kappa shape index (κ1) is 13.7. The molecular weight excluding hydrogens is 240 g/mol. The molecule has 0 saturated carbocycles.